The van der Waals surface area contributed by atoms with Crippen LogP contribution < -0.4 is 0 Å². The lowest BCUT2D eigenvalue weighted by Crippen LogP contribution is -2.30. The number of carbonyl (C=O) groups is 1. The van der Waals surface area contributed by atoms with Gasteiger partial charge in [-0.2, -0.15) is 13.2 Å². The summed E-state index contributed by atoms with van der Waals surface area (Å²) in [4.78, 5) is 14.3. The van der Waals surface area contributed by atoms with E-state index in [1.54, 1.807) is 19.1 Å². The molecule has 0 radical (unpaired) electrons. The molecular weight excluding hydrogens is 415 g/mol. The largest absolute Gasteiger partial charge is 0.462 e. The molecule has 6 heteroatoms. The normalized spacial score (nSPS) is 14.1. The summed E-state index contributed by atoms with van der Waals surface area (Å²) in [6.07, 6.45) is -3.55. The van der Waals surface area contributed by atoms with Crippen LogP contribution in [-0.4, -0.2) is 24.0 Å². The highest BCUT2D eigenvalue weighted by Crippen LogP contribution is 2.33. The number of alkyl halides is 3. The van der Waals surface area contributed by atoms with Crippen molar-refractivity contribution in [3.8, 4) is 11.1 Å². The van der Waals surface area contributed by atoms with Crippen LogP contribution in [0.4, 0.5) is 13.2 Å². The summed E-state index contributed by atoms with van der Waals surface area (Å²) in [7, 11) is 0. The number of benzene rings is 3. The van der Waals surface area contributed by atoms with Gasteiger partial charge in [-0.25, -0.2) is 4.79 Å². The van der Waals surface area contributed by atoms with E-state index in [2.05, 4.69) is 11.0 Å². The highest BCUT2D eigenvalue weighted by molar-refractivity contribution is 5.91. The minimum atomic E-state index is -4.34. The van der Waals surface area contributed by atoms with Gasteiger partial charge in [-0.3, -0.25) is 4.90 Å². The first kappa shape index (κ1) is 22.1. The number of ether oxygens (including phenoxy) is 1. The summed E-state index contributed by atoms with van der Waals surface area (Å²) in [6, 6.07) is 19.1. The molecule has 0 atom stereocenters. The van der Waals surface area contributed by atoms with E-state index in [0.717, 1.165) is 35.7 Å². The predicted octanol–water partition coefficient (Wildman–Crippen LogP) is 6.11. The Kier molecular flexibility index (Phi) is 6.33. The van der Waals surface area contributed by atoms with Crippen molar-refractivity contribution in [3.05, 3.63) is 94.5 Å². The molecule has 0 saturated heterocycles. The Balaban J connectivity index is 1.55. The van der Waals surface area contributed by atoms with Gasteiger partial charge >= 0.3 is 12.1 Å². The summed E-state index contributed by atoms with van der Waals surface area (Å²) in [5.41, 5.74) is 4.96. The highest BCUT2D eigenvalue weighted by Gasteiger charge is 2.30. The van der Waals surface area contributed by atoms with Crippen LogP contribution in [0.5, 0.6) is 0 Å². The molecule has 1 aliphatic rings. The first-order valence-electron chi connectivity index (χ1n) is 10.6. The van der Waals surface area contributed by atoms with Gasteiger partial charge in [0.25, 0.3) is 0 Å². The zero-order chi connectivity index (χ0) is 22.7. The Hall–Kier alpha value is -3.12. The average Bonchev–Trinajstić information content (AvgIpc) is 2.78. The van der Waals surface area contributed by atoms with Gasteiger partial charge in [-0.1, -0.05) is 48.5 Å². The van der Waals surface area contributed by atoms with E-state index in [1.807, 2.05) is 30.3 Å². The molecule has 0 spiro atoms. The van der Waals surface area contributed by atoms with Crippen molar-refractivity contribution in [1.29, 1.82) is 0 Å². The quantitative estimate of drug-likeness (QED) is 0.450. The van der Waals surface area contributed by atoms with E-state index in [9.17, 15) is 18.0 Å². The lowest BCUT2D eigenvalue weighted by Gasteiger charge is -2.30. The van der Waals surface area contributed by atoms with E-state index < -0.39 is 11.7 Å². The van der Waals surface area contributed by atoms with Gasteiger partial charge in [0, 0.05) is 19.6 Å². The molecule has 0 aromatic heterocycles. The summed E-state index contributed by atoms with van der Waals surface area (Å²) in [5.74, 6) is -0.341. The van der Waals surface area contributed by atoms with Crippen LogP contribution in [0.25, 0.3) is 11.1 Å². The maximum Gasteiger partial charge on any atom is 0.416 e. The first-order chi connectivity index (χ1) is 15.3. The standard InChI is InChI=1S/C26H24F3NO2/c1-2-32-25(31)20-8-4-7-19(15-20)23-11-5-9-21-17-30(13-12-24(21)23)16-18-6-3-10-22(14-18)26(27,28)29/h3-11,14-15H,2,12-13,16-17H2,1H3. The van der Waals surface area contributed by atoms with Crippen LogP contribution in [0.15, 0.2) is 66.7 Å². The number of nitrogens with zero attached hydrogens (tertiary/aromatic N) is 1. The SMILES string of the molecule is CCOC(=O)c1cccc(-c2cccc3c2CCN(Cc2cccc(C(F)(F)F)c2)C3)c1. The van der Waals surface area contributed by atoms with Gasteiger partial charge in [-0.05, 0) is 59.4 Å². The molecule has 3 aromatic carbocycles. The lowest BCUT2D eigenvalue weighted by molar-refractivity contribution is -0.137. The van der Waals surface area contributed by atoms with Gasteiger partial charge in [0.15, 0.2) is 0 Å². The molecule has 1 aliphatic heterocycles. The second-order valence-corrected chi connectivity index (χ2v) is 7.90. The minimum absolute atomic E-state index is 0.325. The van der Waals surface area contributed by atoms with Crippen molar-refractivity contribution >= 4 is 5.97 Å². The molecule has 166 valence electrons. The number of rotatable bonds is 5. The molecular formula is C26H24F3NO2. The van der Waals surface area contributed by atoms with Crippen molar-refractivity contribution in [1.82, 2.24) is 4.90 Å². The topological polar surface area (TPSA) is 29.5 Å². The van der Waals surface area contributed by atoms with Gasteiger partial charge in [-0.15, -0.1) is 0 Å². The van der Waals surface area contributed by atoms with Crippen molar-refractivity contribution in [2.45, 2.75) is 32.6 Å². The number of esters is 1. The van der Waals surface area contributed by atoms with Crippen LogP contribution in [-0.2, 0) is 30.4 Å². The second-order valence-electron chi connectivity index (χ2n) is 7.90. The Labute approximate surface area is 185 Å². The zero-order valence-electron chi connectivity index (χ0n) is 17.8. The average molecular weight is 439 g/mol. The third-order valence-corrected chi connectivity index (χ3v) is 5.69. The molecule has 0 bridgehead atoms. The third kappa shape index (κ3) is 4.86. The fraction of sp³-hybridized carbons (Fsp3) is 0.269. The molecule has 1 heterocycles. The lowest BCUT2D eigenvalue weighted by atomic mass is 9.90. The smallest absolute Gasteiger partial charge is 0.416 e. The molecule has 32 heavy (non-hydrogen) atoms. The minimum Gasteiger partial charge on any atom is -0.462 e. The monoisotopic (exact) mass is 439 g/mol. The molecule has 4 rings (SSSR count). The van der Waals surface area contributed by atoms with E-state index >= 15 is 0 Å². The molecule has 3 nitrogen and oxygen atoms in total. The Bertz CT molecular complexity index is 1120. The van der Waals surface area contributed by atoms with Crippen molar-refractivity contribution in [2.24, 2.45) is 0 Å². The molecule has 0 N–H and O–H groups in total. The molecule has 0 unspecified atom stereocenters. The molecule has 0 fully saturated rings. The van der Waals surface area contributed by atoms with Crippen molar-refractivity contribution in [2.75, 3.05) is 13.2 Å². The summed E-state index contributed by atoms with van der Waals surface area (Å²) in [5, 5.41) is 0. The number of hydrogen-bond acceptors (Lipinski definition) is 3. The molecule has 3 aromatic rings. The van der Waals surface area contributed by atoms with Gasteiger partial charge in [0.2, 0.25) is 0 Å². The van der Waals surface area contributed by atoms with Crippen LogP contribution in [0.3, 0.4) is 0 Å². The Morgan fingerprint density at radius 1 is 1.03 bits per heavy atom. The third-order valence-electron chi connectivity index (χ3n) is 5.69. The molecule has 0 amide bonds. The molecule has 0 aliphatic carbocycles. The van der Waals surface area contributed by atoms with E-state index in [-0.39, 0.29) is 5.97 Å². The number of carbonyl (C=O) groups excluding carboxylic acids is 1. The summed E-state index contributed by atoms with van der Waals surface area (Å²) >= 11 is 0. The number of halogens is 3. The van der Waals surface area contributed by atoms with E-state index in [1.165, 1.54) is 17.7 Å². The summed E-state index contributed by atoms with van der Waals surface area (Å²) in [6.45, 7) is 3.98. The first-order valence-corrected chi connectivity index (χ1v) is 10.6. The number of fused-ring (bicyclic) bond motifs is 1. The maximum absolute atomic E-state index is 13.0. The number of hydrogen-bond donors (Lipinski definition) is 0. The fourth-order valence-electron chi connectivity index (χ4n) is 4.21. The second kappa shape index (κ2) is 9.17. The van der Waals surface area contributed by atoms with Crippen molar-refractivity contribution in [3.63, 3.8) is 0 Å². The van der Waals surface area contributed by atoms with Crippen LogP contribution in [0.1, 0.15) is 39.5 Å². The van der Waals surface area contributed by atoms with E-state index in [0.29, 0.717) is 30.8 Å². The van der Waals surface area contributed by atoms with Gasteiger partial charge in [0.05, 0.1) is 17.7 Å². The van der Waals surface area contributed by atoms with E-state index in [4.69, 9.17) is 4.74 Å². The summed E-state index contributed by atoms with van der Waals surface area (Å²) < 4.78 is 44.2. The molecule has 0 saturated carbocycles. The predicted molar refractivity (Wildman–Crippen MR) is 117 cm³/mol. The Morgan fingerprint density at radius 2 is 1.81 bits per heavy atom. The van der Waals surface area contributed by atoms with Crippen LogP contribution in [0.2, 0.25) is 0 Å². The highest BCUT2D eigenvalue weighted by atomic mass is 19.4. The fourth-order valence-corrected chi connectivity index (χ4v) is 4.21. The Morgan fingerprint density at radius 3 is 2.59 bits per heavy atom. The van der Waals surface area contributed by atoms with Crippen LogP contribution >= 0.6 is 0 Å². The van der Waals surface area contributed by atoms with Gasteiger partial charge in [0.1, 0.15) is 0 Å². The van der Waals surface area contributed by atoms with Crippen molar-refractivity contribution < 1.29 is 22.7 Å². The van der Waals surface area contributed by atoms with Gasteiger partial charge < -0.3 is 4.74 Å². The maximum atomic E-state index is 13.0. The zero-order valence-corrected chi connectivity index (χ0v) is 17.8. The van der Waals surface area contributed by atoms with Crippen LogP contribution in [0, 0.1) is 0 Å².